The molecule has 0 amide bonds. The molecule has 1 aliphatic heterocycles. The molecule has 1 atom stereocenters. The molecule has 0 bridgehead atoms. The highest BCUT2D eigenvalue weighted by atomic mass is 16.5. The molecular formula is C27H36N4O3. The first-order valence-electron chi connectivity index (χ1n) is 12.0. The zero-order valence-electron chi connectivity index (χ0n) is 21.0. The zero-order chi connectivity index (χ0) is 24.7. The van der Waals surface area contributed by atoms with Gasteiger partial charge in [-0.05, 0) is 43.5 Å². The Bertz CT molecular complexity index is 1130. The number of rotatable bonds is 8. The molecule has 4 rings (SSSR count). The monoisotopic (exact) mass is 464 g/mol. The summed E-state index contributed by atoms with van der Waals surface area (Å²) in [7, 11) is 0. The van der Waals surface area contributed by atoms with Crippen molar-refractivity contribution in [2.75, 3.05) is 19.6 Å². The van der Waals surface area contributed by atoms with Crippen LogP contribution < -0.4 is 0 Å². The third-order valence-corrected chi connectivity index (χ3v) is 6.93. The highest BCUT2D eigenvalue weighted by molar-refractivity contribution is 5.56. The molecule has 3 aromatic rings. The van der Waals surface area contributed by atoms with Crippen molar-refractivity contribution in [1.82, 2.24) is 20.0 Å². The average molecular weight is 465 g/mol. The van der Waals surface area contributed by atoms with Crippen LogP contribution in [-0.2, 0) is 12.0 Å². The van der Waals surface area contributed by atoms with Gasteiger partial charge in [-0.15, -0.1) is 0 Å². The number of pyridine rings is 1. The first-order valence-corrected chi connectivity index (χ1v) is 12.0. The van der Waals surface area contributed by atoms with Crippen molar-refractivity contribution in [3.63, 3.8) is 0 Å². The summed E-state index contributed by atoms with van der Waals surface area (Å²) >= 11 is 0. The number of hydrogen-bond donors (Lipinski definition) is 2. The van der Waals surface area contributed by atoms with Crippen LogP contribution in [-0.4, -0.2) is 55.5 Å². The minimum absolute atomic E-state index is 0.254. The zero-order valence-corrected chi connectivity index (χ0v) is 21.0. The molecule has 1 aliphatic rings. The molecule has 7 nitrogen and oxygen atoms in total. The highest BCUT2D eigenvalue weighted by Crippen LogP contribution is 2.50. The van der Waals surface area contributed by atoms with Gasteiger partial charge in [0.15, 0.2) is 0 Å². The summed E-state index contributed by atoms with van der Waals surface area (Å²) in [5.74, 6) is 1.16. The van der Waals surface area contributed by atoms with Crippen molar-refractivity contribution in [3.05, 3.63) is 65.3 Å². The van der Waals surface area contributed by atoms with E-state index in [0.29, 0.717) is 28.8 Å². The van der Waals surface area contributed by atoms with E-state index in [1.165, 1.54) is 5.56 Å². The first kappa shape index (κ1) is 24.5. The Morgan fingerprint density at radius 3 is 2.35 bits per heavy atom. The second kappa shape index (κ2) is 8.87. The van der Waals surface area contributed by atoms with E-state index in [9.17, 15) is 10.2 Å². The lowest BCUT2D eigenvalue weighted by atomic mass is 9.62. The van der Waals surface area contributed by atoms with E-state index in [-0.39, 0.29) is 11.8 Å². The van der Waals surface area contributed by atoms with Gasteiger partial charge < -0.3 is 19.6 Å². The molecule has 0 radical (unpaired) electrons. The summed E-state index contributed by atoms with van der Waals surface area (Å²) in [6.07, 6.45) is 3.66. The first-order chi connectivity index (χ1) is 15.9. The third kappa shape index (κ3) is 4.52. The molecule has 0 spiro atoms. The van der Waals surface area contributed by atoms with Crippen molar-refractivity contribution >= 4 is 0 Å². The number of likely N-dealkylation sites (tertiary alicyclic amines) is 1. The molecule has 0 unspecified atom stereocenters. The van der Waals surface area contributed by atoms with Gasteiger partial charge in [0.05, 0.1) is 12.0 Å². The van der Waals surface area contributed by atoms with Gasteiger partial charge in [0.1, 0.15) is 5.60 Å². The smallest absolute Gasteiger partial charge is 0.229 e. The Balaban J connectivity index is 1.76. The fourth-order valence-electron chi connectivity index (χ4n) is 4.94. The normalized spacial score (nSPS) is 18.0. The Hall–Kier alpha value is -2.61. The van der Waals surface area contributed by atoms with Crippen LogP contribution in [0.15, 0.2) is 47.2 Å². The van der Waals surface area contributed by atoms with E-state index in [1.54, 1.807) is 26.2 Å². The molecule has 0 saturated carbocycles. The van der Waals surface area contributed by atoms with Gasteiger partial charge in [0.25, 0.3) is 0 Å². The van der Waals surface area contributed by atoms with Gasteiger partial charge in [0, 0.05) is 42.0 Å². The van der Waals surface area contributed by atoms with E-state index < -0.39 is 11.2 Å². The summed E-state index contributed by atoms with van der Waals surface area (Å²) in [6.45, 7) is 14.5. The molecule has 182 valence electrons. The molecule has 7 heteroatoms. The Morgan fingerprint density at radius 2 is 1.76 bits per heavy atom. The van der Waals surface area contributed by atoms with E-state index in [0.717, 1.165) is 25.2 Å². The molecule has 1 saturated heterocycles. The van der Waals surface area contributed by atoms with Crippen molar-refractivity contribution in [3.8, 4) is 11.4 Å². The molecule has 0 aliphatic carbocycles. The predicted octanol–water partition coefficient (Wildman–Crippen LogP) is 4.15. The maximum atomic E-state index is 12.4. The molecule has 2 aromatic heterocycles. The number of benzene rings is 1. The minimum atomic E-state index is -1.24. The largest absolute Gasteiger partial charge is 0.390 e. The van der Waals surface area contributed by atoms with Crippen LogP contribution in [0.4, 0.5) is 0 Å². The topological polar surface area (TPSA) is 95.5 Å². The second-order valence-corrected chi connectivity index (χ2v) is 10.8. The van der Waals surface area contributed by atoms with Crippen LogP contribution in [0, 0.1) is 5.41 Å². The highest BCUT2D eigenvalue weighted by Gasteiger charge is 2.55. The Labute approximate surface area is 201 Å². The van der Waals surface area contributed by atoms with Crippen LogP contribution in [0.25, 0.3) is 11.4 Å². The van der Waals surface area contributed by atoms with Crippen molar-refractivity contribution in [2.45, 2.75) is 65.1 Å². The lowest BCUT2D eigenvalue weighted by Gasteiger charge is -2.56. The molecule has 2 N–H and O–H groups in total. The van der Waals surface area contributed by atoms with E-state index in [2.05, 4.69) is 59.9 Å². The third-order valence-electron chi connectivity index (χ3n) is 6.93. The van der Waals surface area contributed by atoms with Gasteiger partial charge >= 0.3 is 0 Å². The van der Waals surface area contributed by atoms with Gasteiger partial charge in [-0.25, -0.2) is 0 Å². The van der Waals surface area contributed by atoms with Gasteiger partial charge in [-0.3, -0.25) is 4.98 Å². The summed E-state index contributed by atoms with van der Waals surface area (Å²) in [4.78, 5) is 11.2. The maximum Gasteiger partial charge on any atom is 0.229 e. The molecular weight excluding hydrogens is 428 g/mol. The summed E-state index contributed by atoms with van der Waals surface area (Å²) in [5.41, 5.74) is 0.882. The number of aliphatic hydroxyl groups is 2. The second-order valence-electron chi connectivity index (χ2n) is 10.8. The summed E-state index contributed by atoms with van der Waals surface area (Å²) < 4.78 is 5.35. The van der Waals surface area contributed by atoms with Crippen LogP contribution in [0.5, 0.6) is 0 Å². The van der Waals surface area contributed by atoms with Crippen molar-refractivity contribution < 1.29 is 14.7 Å². The Kier molecular flexibility index (Phi) is 6.40. The van der Waals surface area contributed by atoms with E-state index >= 15 is 0 Å². The summed E-state index contributed by atoms with van der Waals surface area (Å²) in [6, 6.07) is 10.2. The van der Waals surface area contributed by atoms with Gasteiger partial charge in [-0.1, -0.05) is 57.1 Å². The predicted molar refractivity (Wildman–Crippen MR) is 131 cm³/mol. The van der Waals surface area contributed by atoms with E-state index in [1.807, 2.05) is 18.2 Å². The quantitative estimate of drug-likeness (QED) is 0.517. The van der Waals surface area contributed by atoms with Crippen LogP contribution >= 0.6 is 0 Å². The minimum Gasteiger partial charge on any atom is -0.390 e. The van der Waals surface area contributed by atoms with Crippen molar-refractivity contribution in [2.24, 2.45) is 5.41 Å². The molecule has 1 aromatic carbocycles. The van der Waals surface area contributed by atoms with Gasteiger partial charge in [-0.2, -0.15) is 4.98 Å². The lowest BCUT2D eigenvalue weighted by Crippen LogP contribution is -2.64. The fraction of sp³-hybridized carbons (Fsp3) is 0.519. The lowest BCUT2D eigenvalue weighted by molar-refractivity contribution is -0.134. The number of hydrogen-bond acceptors (Lipinski definition) is 7. The maximum absolute atomic E-state index is 12.4. The SMILES string of the molecule is CCN1CC(C)([C@](O)(c2ccc(C(C)C)cc2)c2cncc(-c3noc(CC(C)(C)O)n3)c2)C1. The fourth-order valence-corrected chi connectivity index (χ4v) is 4.94. The van der Waals surface area contributed by atoms with Crippen LogP contribution in [0.1, 0.15) is 70.0 Å². The van der Waals surface area contributed by atoms with Crippen LogP contribution in [0.2, 0.25) is 0 Å². The van der Waals surface area contributed by atoms with Crippen LogP contribution in [0.3, 0.4) is 0 Å². The van der Waals surface area contributed by atoms with Crippen molar-refractivity contribution in [1.29, 1.82) is 0 Å². The molecule has 34 heavy (non-hydrogen) atoms. The summed E-state index contributed by atoms with van der Waals surface area (Å²) in [5, 5.41) is 26.6. The standard InChI is InChI=1S/C27H36N4O3/c1-7-31-16-26(6,17-31)27(33,21-10-8-19(9-11-21)18(2)3)22-12-20(14-28-15-22)24-29-23(34-30-24)13-25(4,5)32/h8-12,14-15,18,32-33H,7,13,16-17H2,1-6H3/t27-/m0/s1. The Morgan fingerprint density at radius 1 is 1.09 bits per heavy atom. The molecule has 1 fully saturated rings. The number of aromatic nitrogens is 3. The number of nitrogens with zero attached hydrogens (tertiary/aromatic N) is 4. The molecule has 3 heterocycles. The van der Waals surface area contributed by atoms with E-state index in [4.69, 9.17) is 4.52 Å². The van der Waals surface area contributed by atoms with Gasteiger partial charge in [0.2, 0.25) is 11.7 Å². The average Bonchev–Trinajstić information content (AvgIpc) is 3.23.